The number of nitrogens with one attached hydrogen (secondary N) is 2. The molecule has 2 rings (SSSR count). The van der Waals surface area contributed by atoms with E-state index in [0.717, 1.165) is 0 Å². The fraction of sp³-hybridized carbons (Fsp3) is 0. The summed E-state index contributed by atoms with van der Waals surface area (Å²) in [7, 11) is -3.56. The Morgan fingerprint density at radius 2 is 1.50 bits per heavy atom. The first-order valence-corrected chi connectivity index (χ1v) is 7.02. The van der Waals surface area contributed by atoms with Crippen LogP contribution in [0.1, 0.15) is 0 Å². The molecule has 0 bridgehead atoms. The number of sulfonamides is 1. The molecule has 0 radical (unpaired) electrons. The first-order chi connectivity index (χ1) is 8.58. The SMILES string of the molecule is O=S(=O)(NNc1ccc(Cl)cc1)c1ccccc1. The van der Waals surface area contributed by atoms with Gasteiger partial charge in [-0.15, -0.1) is 4.83 Å². The van der Waals surface area contributed by atoms with E-state index in [1.54, 1.807) is 42.5 Å². The number of halogens is 1. The Morgan fingerprint density at radius 3 is 2.11 bits per heavy atom. The van der Waals surface area contributed by atoms with Gasteiger partial charge < -0.3 is 5.43 Å². The molecule has 4 nitrogen and oxygen atoms in total. The van der Waals surface area contributed by atoms with Gasteiger partial charge in [0.25, 0.3) is 10.0 Å². The zero-order valence-corrected chi connectivity index (χ0v) is 10.9. The average Bonchev–Trinajstić information content (AvgIpc) is 2.39. The normalized spacial score (nSPS) is 11.2. The lowest BCUT2D eigenvalue weighted by molar-refractivity contribution is 0.588. The van der Waals surface area contributed by atoms with Crippen LogP contribution in [0, 0.1) is 0 Å². The van der Waals surface area contributed by atoms with Gasteiger partial charge in [0.15, 0.2) is 0 Å². The molecule has 94 valence electrons. The molecule has 0 aliphatic carbocycles. The van der Waals surface area contributed by atoms with Crippen LogP contribution in [0.25, 0.3) is 0 Å². The third-order valence-electron chi connectivity index (χ3n) is 2.23. The summed E-state index contributed by atoms with van der Waals surface area (Å²) in [4.78, 5) is 2.49. The number of hydrogen-bond donors (Lipinski definition) is 2. The summed E-state index contributed by atoms with van der Waals surface area (Å²) >= 11 is 5.73. The quantitative estimate of drug-likeness (QED) is 0.848. The second kappa shape index (κ2) is 5.39. The Morgan fingerprint density at radius 1 is 0.889 bits per heavy atom. The number of hydrogen-bond acceptors (Lipinski definition) is 3. The Kier molecular flexibility index (Phi) is 3.86. The zero-order valence-electron chi connectivity index (χ0n) is 9.30. The van der Waals surface area contributed by atoms with Crippen molar-refractivity contribution in [3.8, 4) is 0 Å². The van der Waals surface area contributed by atoms with Gasteiger partial charge in [0.1, 0.15) is 0 Å². The molecule has 0 aromatic heterocycles. The van der Waals surface area contributed by atoms with Gasteiger partial charge in [0.05, 0.1) is 4.90 Å². The van der Waals surface area contributed by atoms with E-state index in [4.69, 9.17) is 11.6 Å². The highest BCUT2D eigenvalue weighted by Crippen LogP contribution is 2.13. The highest BCUT2D eigenvalue weighted by atomic mass is 35.5. The Bertz CT molecular complexity index is 612. The van der Waals surface area contributed by atoms with Crippen LogP contribution >= 0.6 is 11.6 Å². The van der Waals surface area contributed by atoms with Gasteiger partial charge in [-0.2, -0.15) is 0 Å². The molecule has 0 atom stereocenters. The second-order valence-corrected chi connectivity index (χ2v) is 5.67. The molecule has 18 heavy (non-hydrogen) atoms. The van der Waals surface area contributed by atoms with Gasteiger partial charge in [-0.25, -0.2) is 8.42 Å². The molecule has 0 saturated carbocycles. The third kappa shape index (κ3) is 3.22. The third-order valence-corrected chi connectivity index (χ3v) is 3.74. The molecule has 0 spiro atoms. The van der Waals surface area contributed by atoms with Gasteiger partial charge in [-0.1, -0.05) is 29.8 Å². The highest BCUT2D eigenvalue weighted by molar-refractivity contribution is 7.89. The minimum Gasteiger partial charge on any atom is -0.308 e. The molecule has 0 heterocycles. The van der Waals surface area contributed by atoms with Crippen molar-refractivity contribution in [3.05, 3.63) is 59.6 Å². The van der Waals surface area contributed by atoms with Crippen molar-refractivity contribution >= 4 is 27.3 Å². The summed E-state index contributed by atoms with van der Waals surface area (Å²) < 4.78 is 23.7. The van der Waals surface area contributed by atoms with Crippen LogP contribution in [-0.2, 0) is 10.0 Å². The largest absolute Gasteiger partial charge is 0.308 e. The summed E-state index contributed by atoms with van der Waals surface area (Å²) in [5.41, 5.74) is 3.22. The molecule has 0 aliphatic heterocycles. The predicted molar refractivity (Wildman–Crippen MR) is 71.8 cm³/mol. The summed E-state index contributed by atoms with van der Waals surface area (Å²) in [5, 5.41) is 0.589. The standard InChI is InChI=1S/C12H11ClN2O2S/c13-10-6-8-11(9-7-10)14-15-18(16,17)12-4-2-1-3-5-12/h1-9,14-15H. The molecule has 2 aromatic carbocycles. The van der Waals surface area contributed by atoms with Crippen molar-refractivity contribution in [2.75, 3.05) is 5.43 Å². The average molecular weight is 283 g/mol. The van der Waals surface area contributed by atoms with E-state index in [9.17, 15) is 8.42 Å². The van der Waals surface area contributed by atoms with Crippen LogP contribution in [0.5, 0.6) is 0 Å². The summed E-state index contributed by atoms with van der Waals surface area (Å²) in [5.74, 6) is 0. The van der Waals surface area contributed by atoms with Crippen molar-refractivity contribution in [3.63, 3.8) is 0 Å². The molecule has 0 amide bonds. The smallest absolute Gasteiger partial charge is 0.257 e. The van der Waals surface area contributed by atoms with Crippen LogP contribution < -0.4 is 10.3 Å². The van der Waals surface area contributed by atoms with Gasteiger partial charge in [-0.3, -0.25) is 0 Å². The zero-order chi connectivity index (χ0) is 13.0. The fourth-order valence-corrected chi connectivity index (χ4v) is 2.33. The van der Waals surface area contributed by atoms with Gasteiger partial charge >= 0.3 is 0 Å². The minimum absolute atomic E-state index is 0.200. The minimum atomic E-state index is -3.56. The van der Waals surface area contributed by atoms with E-state index in [2.05, 4.69) is 10.3 Å². The van der Waals surface area contributed by atoms with E-state index >= 15 is 0 Å². The summed E-state index contributed by atoms with van der Waals surface area (Å²) in [6, 6.07) is 14.8. The topological polar surface area (TPSA) is 58.2 Å². The molecule has 0 unspecified atom stereocenters. The lowest BCUT2D eigenvalue weighted by atomic mass is 10.3. The Labute approximate surface area is 111 Å². The van der Waals surface area contributed by atoms with Crippen molar-refractivity contribution in [1.29, 1.82) is 0 Å². The Hall–Kier alpha value is -1.56. The van der Waals surface area contributed by atoms with Crippen LogP contribution in [0.4, 0.5) is 5.69 Å². The highest BCUT2D eigenvalue weighted by Gasteiger charge is 2.12. The van der Waals surface area contributed by atoms with Crippen molar-refractivity contribution in [2.24, 2.45) is 0 Å². The predicted octanol–water partition coefficient (Wildman–Crippen LogP) is 2.65. The Balaban J connectivity index is 2.08. The van der Waals surface area contributed by atoms with Gasteiger partial charge in [0, 0.05) is 10.7 Å². The number of benzene rings is 2. The molecular weight excluding hydrogens is 272 g/mol. The summed E-state index contributed by atoms with van der Waals surface area (Å²) in [6.45, 7) is 0. The molecule has 2 aromatic rings. The first kappa shape index (κ1) is 12.9. The first-order valence-electron chi connectivity index (χ1n) is 5.16. The van der Waals surface area contributed by atoms with Crippen LogP contribution in [0.15, 0.2) is 59.5 Å². The lowest BCUT2D eigenvalue weighted by Crippen LogP contribution is -2.29. The number of rotatable bonds is 4. The van der Waals surface area contributed by atoms with Crippen molar-refractivity contribution in [2.45, 2.75) is 4.90 Å². The van der Waals surface area contributed by atoms with Crippen molar-refractivity contribution < 1.29 is 8.42 Å². The second-order valence-electron chi connectivity index (χ2n) is 3.55. The van der Waals surface area contributed by atoms with Crippen LogP contribution in [0.2, 0.25) is 5.02 Å². The molecule has 6 heteroatoms. The number of hydrazine groups is 1. The van der Waals surface area contributed by atoms with E-state index < -0.39 is 10.0 Å². The molecule has 0 fully saturated rings. The van der Waals surface area contributed by atoms with Gasteiger partial charge in [-0.05, 0) is 36.4 Å². The van der Waals surface area contributed by atoms with E-state index in [1.807, 2.05) is 0 Å². The van der Waals surface area contributed by atoms with E-state index in [0.29, 0.717) is 10.7 Å². The molecule has 0 aliphatic rings. The van der Waals surface area contributed by atoms with Gasteiger partial charge in [0.2, 0.25) is 0 Å². The van der Waals surface area contributed by atoms with Crippen LogP contribution in [-0.4, -0.2) is 8.42 Å². The van der Waals surface area contributed by atoms with E-state index in [-0.39, 0.29) is 4.90 Å². The van der Waals surface area contributed by atoms with Crippen LogP contribution in [0.3, 0.4) is 0 Å². The van der Waals surface area contributed by atoms with E-state index in [1.165, 1.54) is 12.1 Å². The van der Waals surface area contributed by atoms with Crippen molar-refractivity contribution in [1.82, 2.24) is 4.83 Å². The maximum absolute atomic E-state index is 11.9. The molecule has 0 saturated heterocycles. The maximum Gasteiger partial charge on any atom is 0.257 e. The maximum atomic E-state index is 11.9. The molecule has 2 N–H and O–H groups in total. The summed E-state index contributed by atoms with van der Waals surface area (Å²) in [6.07, 6.45) is 0. The fourth-order valence-electron chi connectivity index (χ4n) is 1.32. The lowest BCUT2D eigenvalue weighted by Gasteiger charge is -2.09. The monoisotopic (exact) mass is 282 g/mol. The molecular formula is C12H11ClN2O2S. The number of anilines is 1.